The van der Waals surface area contributed by atoms with Crippen molar-refractivity contribution >= 4 is 71.3 Å². The lowest BCUT2D eigenvalue weighted by Crippen LogP contribution is -2.09. The van der Waals surface area contributed by atoms with E-state index in [1.165, 1.54) is 43.6 Å². The van der Waals surface area contributed by atoms with E-state index in [0.717, 1.165) is 50.0 Å². The Morgan fingerprint density at radius 2 is 0.900 bits per heavy atom. The molecule has 0 aliphatic rings. The molecule has 1 aromatic heterocycles. The Hall–Kier alpha value is -6.64. The number of hydrogen-bond donors (Lipinski definition) is 0. The Kier molecular flexibility index (Phi) is 6.53. The van der Waals surface area contributed by atoms with Crippen LogP contribution in [0.1, 0.15) is 0 Å². The first-order valence-electron chi connectivity index (χ1n) is 17.1. The van der Waals surface area contributed by atoms with E-state index in [-0.39, 0.29) is 0 Å². The molecule has 0 fully saturated rings. The Bertz CT molecular complexity index is 2850. The van der Waals surface area contributed by atoms with Crippen LogP contribution in [0.15, 0.2) is 192 Å². The normalized spacial score (nSPS) is 11.6. The van der Waals surface area contributed by atoms with Gasteiger partial charge in [-0.1, -0.05) is 133 Å². The largest absolute Gasteiger partial charge is 0.455 e. The second kappa shape index (κ2) is 11.5. The third-order valence-electron chi connectivity index (χ3n) is 10.0. The molecule has 0 aliphatic carbocycles. The molecule has 0 saturated heterocycles. The summed E-state index contributed by atoms with van der Waals surface area (Å²) < 4.78 is 6.48. The standard InChI is InChI=1S/C48H31NO/c1-2-11-38(12-3-1)49(39-25-19-32(20-26-39)36-24-29-42-37(31-36)18-17-33-9-4-6-13-41(33)42)40-27-21-35(22-28-40)43-15-8-16-46-47(43)45-30-23-34-10-5-7-14-44(34)48(45)50-46/h1-31H. The van der Waals surface area contributed by atoms with Crippen molar-refractivity contribution in [3.63, 3.8) is 0 Å². The molecule has 2 heteroatoms. The molecule has 0 atom stereocenters. The predicted molar refractivity (Wildman–Crippen MR) is 212 cm³/mol. The van der Waals surface area contributed by atoms with Gasteiger partial charge in [0.05, 0.1) is 0 Å². The van der Waals surface area contributed by atoms with Gasteiger partial charge in [-0.2, -0.15) is 0 Å². The van der Waals surface area contributed by atoms with Crippen molar-refractivity contribution in [1.82, 2.24) is 0 Å². The predicted octanol–water partition coefficient (Wildman–Crippen LogP) is 13.8. The molecule has 2 nitrogen and oxygen atoms in total. The first-order valence-corrected chi connectivity index (χ1v) is 17.1. The van der Waals surface area contributed by atoms with Gasteiger partial charge in [-0.3, -0.25) is 0 Å². The van der Waals surface area contributed by atoms with Crippen molar-refractivity contribution < 1.29 is 4.42 Å². The summed E-state index contributed by atoms with van der Waals surface area (Å²) in [6.07, 6.45) is 0. The summed E-state index contributed by atoms with van der Waals surface area (Å²) in [5.41, 5.74) is 9.89. The van der Waals surface area contributed by atoms with E-state index in [0.29, 0.717) is 0 Å². The molecular formula is C48H31NO. The van der Waals surface area contributed by atoms with Crippen LogP contribution in [-0.2, 0) is 0 Å². The van der Waals surface area contributed by atoms with Gasteiger partial charge in [-0.05, 0) is 104 Å². The fraction of sp³-hybridized carbons (Fsp3) is 0. The average Bonchev–Trinajstić information content (AvgIpc) is 3.58. The zero-order valence-electron chi connectivity index (χ0n) is 27.3. The van der Waals surface area contributed by atoms with Crippen LogP contribution in [0, 0.1) is 0 Å². The number of hydrogen-bond acceptors (Lipinski definition) is 2. The molecule has 0 spiro atoms. The molecule has 0 unspecified atom stereocenters. The van der Waals surface area contributed by atoms with E-state index in [4.69, 9.17) is 4.42 Å². The van der Waals surface area contributed by atoms with Crippen LogP contribution in [0.2, 0.25) is 0 Å². The Morgan fingerprint density at radius 3 is 1.68 bits per heavy atom. The molecule has 1 heterocycles. The number of nitrogens with zero attached hydrogens (tertiary/aromatic N) is 1. The summed E-state index contributed by atoms with van der Waals surface area (Å²) in [5.74, 6) is 0. The van der Waals surface area contributed by atoms with Crippen LogP contribution < -0.4 is 4.90 Å². The fourth-order valence-electron chi connectivity index (χ4n) is 7.60. The molecule has 234 valence electrons. The van der Waals surface area contributed by atoms with Gasteiger partial charge in [-0.25, -0.2) is 0 Å². The van der Waals surface area contributed by atoms with Crippen molar-refractivity contribution in [2.75, 3.05) is 4.90 Å². The number of benzene rings is 9. The van der Waals surface area contributed by atoms with Gasteiger partial charge in [0, 0.05) is 33.2 Å². The highest BCUT2D eigenvalue weighted by Gasteiger charge is 2.17. The van der Waals surface area contributed by atoms with Gasteiger partial charge in [0.15, 0.2) is 0 Å². The summed E-state index contributed by atoms with van der Waals surface area (Å²) in [4.78, 5) is 2.32. The molecule has 0 saturated carbocycles. The molecule has 0 bridgehead atoms. The van der Waals surface area contributed by atoms with Crippen LogP contribution in [-0.4, -0.2) is 0 Å². The molecule has 50 heavy (non-hydrogen) atoms. The lowest BCUT2D eigenvalue weighted by atomic mass is 9.97. The number of anilines is 3. The van der Waals surface area contributed by atoms with E-state index < -0.39 is 0 Å². The smallest absolute Gasteiger partial charge is 0.143 e. The number of furan rings is 1. The summed E-state index contributed by atoms with van der Waals surface area (Å²) in [6.45, 7) is 0. The number of rotatable bonds is 5. The van der Waals surface area contributed by atoms with Crippen LogP contribution in [0.25, 0.3) is 76.5 Å². The Balaban J connectivity index is 1.02. The van der Waals surface area contributed by atoms with E-state index in [1.807, 2.05) is 0 Å². The lowest BCUT2D eigenvalue weighted by Gasteiger charge is -2.26. The molecule has 9 aromatic carbocycles. The minimum absolute atomic E-state index is 0.906. The van der Waals surface area contributed by atoms with Crippen molar-refractivity contribution in [1.29, 1.82) is 0 Å². The fourth-order valence-corrected chi connectivity index (χ4v) is 7.60. The van der Waals surface area contributed by atoms with Crippen molar-refractivity contribution in [3.05, 3.63) is 188 Å². The molecule has 10 rings (SSSR count). The first-order chi connectivity index (χ1) is 24.8. The van der Waals surface area contributed by atoms with Gasteiger partial charge in [0.1, 0.15) is 11.2 Å². The summed E-state index contributed by atoms with van der Waals surface area (Å²) in [5, 5.41) is 9.72. The average molecular weight is 638 g/mol. The summed E-state index contributed by atoms with van der Waals surface area (Å²) >= 11 is 0. The van der Waals surface area contributed by atoms with E-state index in [1.54, 1.807) is 0 Å². The molecule has 0 amide bonds. The van der Waals surface area contributed by atoms with Crippen LogP contribution in [0.4, 0.5) is 17.1 Å². The number of para-hydroxylation sites is 1. The minimum Gasteiger partial charge on any atom is -0.455 e. The Labute approximate surface area is 290 Å². The van der Waals surface area contributed by atoms with Gasteiger partial charge in [-0.15, -0.1) is 0 Å². The zero-order valence-corrected chi connectivity index (χ0v) is 27.3. The van der Waals surface area contributed by atoms with Crippen molar-refractivity contribution in [2.24, 2.45) is 0 Å². The first kappa shape index (κ1) is 28.4. The van der Waals surface area contributed by atoms with Gasteiger partial charge < -0.3 is 9.32 Å². The zero-order chi connectivity index (χ0) is 33.0. The molecule has 0 N–H and O–H groups in total. The van der Waals surface area contributed by atoms with Crippen LogP contribution >= 0.6 is 0 Å². The maximum absolute atomic E-state index is 6.48. The van der Waals surface area contributed by atoms with E-state index in [9.17, 15) is 0 Å². The highest BCUT2D eigenvalue weighted by molar-refractivity contribution is 6.19. The molecule has 0 aliphatic heterocycles. The minimum atomic E-state index is 0.906. The van der Waals surface area contributed by atoms with E-state index in [2.05, 4.69) is 193 Å². The van der Waals surface area contributed by atoms with Gasteiger partial charge in [0.2, 0.25) is 0 Å². The lowest BCUT2D eigenvalue weighted by molar-refractivity contribution is 0.673. The Morgan fingerprint density at radius 1 is 0.340 bits per heavy atom. The summed E-state index contributed by atoms with van der Waals surface area (Å²) in [7, 11) is 0. The van der Waals surface area contributed by atoms with E-state index >= 15 is 0 Å². The van der Waals surface area contributed by atoms with Crippen molar-refractivity contribution in [3.8, 4) is 22.3 Å². The summed E-state index contributed by atoms with van der Waals surface area (Å²) in [6, 6.07) is 67.4. The third-order valence-corrected chi connectivity index (χ3v) is 10.0. The monoisotopic (exact) mass is 637 g/mol. The number of fused-ring (bicyclic) bond motifs is 8. The highest BCUT2D eigenvalue weighted by Crippen LogP contribution is 2.41. The third kappa shape index (κ3) is 4.65. The maximum atomic E-state index is 6.48. The second-order valence-corrected chi connectivity index (χ2v) is 12.9. The second-order valence-electron chi connectivity index (χ2n) is 12.9. The van der Waals surface area contributed by atoms with Crippen molar-refractivity contribution in [2.45, 2.75) is 0 Å². The van der Waals surface area contributed by atoms with Gasteiger partial charge >= 0.3 is 0 Å². The SMILES string of the molecule is c1ccc(N(c2ccc(-c3ccc4c(ccc5ccccc54)c3)cc2)c2ccc(-c3cccc4oc5c6ccccc6ccc5c34)cc2)cc1. The molecule has 0 radical (unpaired) electrons. The van der Waals surface area contributed by atoms with Gasteiger partial charge in [0.25, 0.3) is 0 Å². The molecular weight excluding hydrogens is 607 g/mol. The topological polar surface area (TPSA) is 16.4 Å². The quantitative estimate of drug-likeness (QED) is 0.175. The maximum Gasteiger partial charge on any atom is 0.143 e. The molecule has 10 aromatic rings. The van der Waals surface area contributed by atoms with Crippen LogP contribution in [0.5, 0.6) is 0 Å². The highest BCUT2D eigenvalue weighted by atomic mass is 16.3. The van der Waals surface area contributed by atoms with Crippen LogP contribution in [0.3, 0.4) is 0 Å².